The van der Waals surface area contributed by atoms with Crippen molar-refractivity contribution in [1.82, 2.24) is 5.32 Å². The van der Waals surface area contributed by atoms with Gasteiger partial charge in [-0.1, -0.05) is 36.7 Å². The second-order valence-corrected chi connectivity index (χ2v) is 6.30. The Balaban J connectivity index is 1.79. The van der Waals surface area contributed by atoms with Crippen LogP contribution in [0.15, 0.2) is 42.5 Å². The molecule has 7 heteroatoms. The standard InChI is InChI=1S/C20H21ClN2O4/c1-3-14-6-4-5-13(2)19(14)23-17(24)12-27-18(25)11-22-20(26)15-7-9-16(21)10-8-15/h4-10H,3,11-12H2,1-2H3,(H,22,26)(H,23,24). The maximum absolute atomic E-state index is 12.0. The van der Waals surface area contributed by atoms with Crippen molar-refractivity contribution >= 4 is 35.1 Å². The molecule has 0 atom stereocenters. The van der Waals surface area contributed by atoms with E-state index in [0.29, 0.717) is 10.6 Å². The number of rotatable bonds is 7. The molecule has 2 N–H and O–H groups in total. The van der Waals surface area contributed by atoms with Crippen molar-refractivity contribution in [2.75, 3.05) is 18.5 Å². The van der Waals surface area contributed by atoms with E-state index in [0.717, 1.165) is 23.2 Å². The van der Waals surface area contributed by atoms with E-state index in [1.807, 2.05) is 32.0 Å². The Bertz CT molecular complexity index is 834. The molecule has 2 amide bonds. The van der Waals surface area contributed by atoms with Crippen LogP contribution in [-0.2, 0) is 20.7 Å². The quantitative estimate of drug-likeness (QED) is 0.714. The van der Waals surface area contributed by atoms with E-state index >= 15 is 0 Å². The van der Waals surface area contributed by atoms with Gasteiger partial charge in [-0.2, -0.15) is 0 Å². The van der Waals surface area contributed by atoms with Crippen molar-refractivity contribution in [3.63, 3.8) is 0 Å². The van der Waals surface area contributed by atoms with Gasteiger partial charge in [0.15, 0.2) is 6.61 Å². The van der Waals surface area contributed by atoms with Crippen molar-refractivity contribution in [3.8, 4) is 0 Å². The largest absolute Gasteiger partial charge is 0.454 e. The van der Waals surface area contributed by atoms with Crippen LogP contribution in [0.25, 0.3) is 0 Å². The van der Waals surface area contributed by atoms with Gasteiger partial charge < -0.3 is 15.4 Å². The highest BCUT2D eigenvalue weighted by atomic mass is 35.5. The van der Waals surface area contributed by atoms with Crippen molar-refractivity contribution in [1.29, 1.82) is 0 Å². The van der Waals surface area contributed by atoms with Crippen LogP contribution in [0.1, 0.15) is 28.4 Å². The summed E-state index contributed by atoms with van der Waals surface area (Å²) in [6, 6.07) is 12.0. The van der Waals surface area contributed by atoms with Crippen LogP contribution >= 0.6 is 11.6 Å². The number of anilines is 1. The first kappa shape index (κ1) is 20.5. The van der Waals surface area contributed by atoms with Crippen molar-refractivity contribution < 1.29 is 19.1 Å². The molecule has 0 spiro atoms. The summed E-state index contributed by atoms with van der Waals surface area (Å²) in [6.45, 7) is 3.13. The minimum absolute atomic E-state index is 0.334. The van der Waals surface area contributed by atoms with Gasteiger partial charge in [0.05, 0.1) is 0 Å². The second kappa shape index (κ2) is 9.73. The molecule has 0 saturated carbocycles. The number of ether oxygens (including phenoxy) is 1. The Morgan fingerprint density at radius 1 is 1.07 bits per heavy atom. The van der Waals surface area contributed by atoms with Gasteiger partial charge in [-0.3, -0.25) is 14.4 Å². The van der Waals surface area contributed by atoms with E-state index < -0.39 is 24.4 Å². The van der Waals surface area contributed by atoms with Crippen LogP contribution in [-0.4, -0.2) is 30.9 Å². The zero-order valence-corrected chi connectivity index (χ0v) is 15.9. The fourth-order valence-corrected chi connectivity index (χ4v) is 2.56. The van der Waals surface area contributed by atoms with E-state index in [9.17, 15) is 14.4 Å². The Labute approximate surface area is 162 Å². The van der Waals surface area contributed by atoms with Crippen LogP contribution in [0, 0.1) is 6.92 Å². The zero-order chi connectivity index (χ0) is 19.8. The molecule has 2 aromatic carbocycles. The minimum atomic E-state index is -0.701. The molecule has 0 aliphatic rings. The normalized spacial score (nSPS) is 10.2. The Kier molecular flexibility index (Phi) is 7.37. The number of carbonyl (C=O) groups excluding carboxylic acids is 3. The lowest BCUT2D eigenvalue weighted by Gasteiger charge is -2.13. The molecule has 0 bridgehead atoms. The first-order valence-electron chi connectivity index (χ1n) is 8.48. The Morgan fingerprint density at radius 2 is 1.78 bits per heavy atom. The number of halogens is 1. The van der Waals surface area contributed by atoms with Gasteiger partial charge in [0.1, 0.15) is 6.54 Å². The topological polar surface area (TPSA) is 84.5 Å². The molecule has 142 valence electrons. The third-order valence-corrected chi connectivity index (χ3v) is 4.12. The first-order chi connectivity index (χ1) is 12.9. The van der Waals surface area contributed by atoms with E-state index in [1.165, 1.54) is 0 Å². The fraction of sp³-hybridized carbons (Fsp3) is 0.250. The van der Waals surface area contributed by atoms with Crippen molar-refractivity contribution in [2.45, 2.75) is 20.3 Å². The number of hydrogen-bond acceptors (Lipinski definition) is 4. The summed E-state index contributed by atoms with van der Waals surface area (Å²) in [6.07, 6.45) is 0.772. The maximum atomic E-state index is 12.0. The van der Waals surface area contributed by atoms with Gasteiger partial charge in [0, 0.05) is 16.3 Å². The summed E-state index contributed by atoms with van der Waals surface area (Å²) in [5, 5.41) is 5.71. The van der Waals surface area contributed by atoms with Crippen LogP contribution in [0.5, 0.6) is 0 Å². The number of nitrogens with one attached hydrogen (secondary N) is 2. The molecule has 0 saturated heterocycles. The average Bonchev–Trinajstić information content (AvgIpc) is 2.66. The number of hydrogen-bond donors (Lipinski definition) is 2. The molecule has 0 unspecified atom stereocenters. The van der Waals surface area contributed by atoms with E-state index in [4.69, 9.17) is 16.3 Å². The predicted octanol–water partition coefficient (Wildman–Crippen LogP) is 3.12. The van der Waals surface area contributed by atoms with Crippen LogP contribution < -0.4 is 10.6 Å². The van der Waals surface area contributed by atoms with E-state index in [-0.39, 0.29) is 6.54 Å². The number of carbonyl (C=O) groups is 3. The Hall–Kier alpha value is -2.86. The van der Waals surface area contributed by atoms with Crippen LogP contribution in [0.3, 0.4) is 0 Å². The molecule has 6 nitrogen and oxygen atoms in total. The lowest BCUT2D eigenvalue weighted by atomic mass is 10.1. The number of aryl methyl sites for hydroxylation is 2. The van der Waals surface area contributed by atoms with E-state index in [1.54, 1.807) is 24.3 Å². The fourth-order valence-electron chi connectivity index (χ4n) is 2.43. The molecule has 0 aromatic heterocycles. The van der Waals surface area contributed by atoms with Crippen LogP contribution in [0.4, 0.5) is 5.69 Å². The Morgan fingerprint density at radius 3 is 2.44 bits per heavy atom. The van der Waals surface area contributed by atoms with Gasteiger partial charge in [-0.25, -0.2) is 0 Å². The summed E-state index contributed by atoms with van der Waals surface area (Å²) in [5.74, 6) is -1.56. The molecular formula is C20H21ClN2O4. The van der Waals surface area contributed by atoms with Crippen LogP contribution in [0.2, 0.25) is 5.02 Å². The lowest BCUT2D eigenvalue weighted by molar-refractivity contribution is -0.146. The predicted molar refractivity (Wildman–Crippen MR) is 104 cm³/mol. The smallest absolute Gasteiger partial charge is 0.325 e. The van der Waals surface area contributed by atoms with Gasteiger partial charge in [0.2, 0.25) is 0 Å². The van der Waals surface area contributed by atoms with Gasteiger partial charge >= 0.3 is 5.97 Å². The van der Waals surface area contributed by atoms with Gasteiger partial charge in [-0.05, 0) is 48.7 Å². The molecule has 0 aliphatic carbocycles. The zero-order valence-electron chi connectivity index (χ0n) is 15.2. The van der Waals surface area contributed by atoms with Crippen molar-refractivity contribution in [3.05, 3.63) is 64.2 Å². The molecule has 0 aliphatic heterocycles. The highest BCUT2D eigenvalue weighted by Crippen LogP contribution is 2.20. The molecular weight excluding hydrogens is 368 g/mol. The summed E-state index contributed by atoms with van der Waals surface area (Å²) in [5.41, 5.74) is 3.04. The summed E-state index contributed by atoms with van der Waals surface area (Å²) < 4.78 is 4.91. The molecule has 2 rings (SSSR count). The van der Waals surface area contributed by atoms with Crippen molar-refractivity contribution in [2.24, 2.45) is 0 Å². The number of esters is 1. The number of benzene rings is 2. The number of para-hydroxylation sites is 1. The second-order valence-electron chi connectivity index (χ2n) is 5.86. The minimum Gasteiger partial charge on any atom is -0.454 e. The molecule has 0 heterocycles. The molecule has 0 radical (unpaired) electrons. The van der Waals surface area contributed by atoms with E-state index in [2.05, 4.69) is 10.6 Å². The highest BCUT2D eigenvalue weighted by Gasteiger charge is 2.13. The summed E-state index contributed by atoms with van der Waals surface area (Å²) >= 11 is 5.76. The summed E-state index contributed by atoms with van der Waals surface area (Å²) in [7, 11) is 0. The lowest BCUT2D eigenvalue weighted by Crippen LogP contribution is -2.32. The maximum Gasteiger partial charge on any atom is 0.325 e. The SMILES string of the molecule is CCc1cccc(C)c1NC(=O)COC(=O)CNC(=O)c1ccc(Cl)cc1. The van der Waals surface area contributed by atoms with Gasteiger partial charge in [-0.15, -0.1) is 0 Å². The molecule has 27 heavy (non-hydrogen) atoms. The van der Waals surface area contributed by atoms with Gasteiger partial charge in [0.25, 0.3) is 11.8 Å². The first-order valence-corrected chi connectivity index (χ1v) is 8.86. The monoisotopic (exact) mass is 388 g/mol. The third kappa shape index (κ3) is 6.11. The highest BCUT2D eigenvalue weighted by molar-refractivity contribution is 6.30. The third-order valence-electron chi connectivity index (χ3n) is 3.87. The summed E-state index contributed by atoms with van der Waals surface area (Å²) in [4.78, 5) is 35.7. The average molecular weight is 389 g/mol. The number of amides is 2. The molecule has 2 aromatic rings. The molecule has 0 fully saturated rings.